The minimum absolute atomic E-state index is 0.0181. The number of esters is 1. The number of carbonyl (C=O) groups is 1. The zero-order valence-electron chi connectivity index (χ0n) is 11.3. The van der Waals surface area contributed by atoms with Gasteiger partial charge < -0.3 is 4.74 Å². The van der Waals surface area contributed by atoms with Crippen LogP contribution in [-0.4, -0.2) is 37.1 Å². The number of rotatable bonds is 4. The molecule has 0 aromatic carbocycles. The maximum Gasteiger partial charge on any atom is 0.323 e. The zero-order chi connectivity index (χ0) is 12.4. The normalized spacial score (nSPS) is 24.9. The summed E-state index contributed by atoms with van der Waals surface area (Å²) in [5.41, 5.74) is 0. The predicted octanol–water partition coefficient (Wildman–Crippen LogP) is 2.31. The average Bonchev–Trinajstić information content (AvgIpc) is 3.14. The van der Waals surface area contributed by atoms with E-state index in [1.54, 1.807) is 0 Å². The largest absolute Gasteiger partial charge is 0.468 e. The lowest BCUT2D eigenvalue weighted by Crippen LogP contribution is -2.47. The molecular weight excluding hydrogens is 214 g/mol. The molecule has 0 N–H and O–H groups in total. The Labute approximate surface area is 105 Å². The Morgan fingerprint density at radius 2 is 1.71 bits per heavy atom. The van der Waals surface area contributed by atoms with Gasteiger partial charge in [-0.25, -0.2) is 0 Å². The number of nitrogens with zero attached hydrogens (tertiary/aromatic N) is 1. The fourth-order valence-electron chi connectivity index (χ4n) is 3.04. The van der Waals surface area contributed by atoms with Gasteiger partial charge in [0.1, 0.15) is 6.04 Å². The van der Waals surface area contributed by atoms with Crippen molar-refractivity contribution in [1.82, 2.24) is 4.90 Å². The molecule has 0 amide bonds. The molecule has 0 radical (unpaired) electrons. The molecule has 1 unspecified atom stereocenters. The maximum atomic E-state index is 11.8. The van der Waals surface area contributed by atoms with Crippen molar-refractivity contribution in [2.45, 2.75) is 45.6 Å². The molecule has 1 saturated heterocycles. The second-order valence-corrected chi connectivity index (χ2v) is 5.92. The molecular formula is C14H25NO2. The summed E-state index contributed by atoms with van der Waals surface area (Å²) in [5.74, 6) is 2.16. The molecule has 0 bridgehead atoms. The molecule has 2 fully saturated rings. The number of carbonyl (C=O) groups excluding carboxylic acids is 1. The van der Waals surface area contributed by atoms with Crippen LogP contribution in [0.4, 0.5) is 0 Å². The molecule has 98 valence electrons. The Morgan fingerprint density at radius 3 is 2.12 bits per heavy atom. The summed E-state index contributed by atoms with van der Waals surface area (Å²) in [6, 6.07) is 0.0492. The highest BCUT2D eigenvalue weighted by molar-refractivity contribution is 5.76. The number of hydrogen-bond donors (Lipinski definition) is 0. The first kappa shape index (κ1) is 12.9. The number of ether oxygens (including phenoxy) is 1. The number of methoxy groups -OCH3 is 1. The smallest absolute Gasteiger partial charge is 0.323 e. The monoisotopic (exact) mass is 239 g/mol. The quantitative estimate of drug-likeness (QED) is 0.705. The van der Waals surface area contributed by atoms with Gasteiger partial charge in [-0.3, -0.25) is 9.69 Å². The Bertz CT molecular complexity index is 265. The lowest BCUT2D eigenvalue weighted by Gasteiger charge is -2.37. The first-order valence-electron chi connectivity index (χ1n) is 6.95. The highest BCUT2D eigenvalue weighted by Crippen LogP contribution is 2.38. The van der Waals surface area contributed by atoms with E-state index in [9.17, 15) is 4.79 Å². The molecule has 1 aliphatic carbocycles. The van der Waals surface area contributed by atoms with Gasteiger partial charge in [-0.1, -0.05) is 13.8 Å². The summed E-state index contributed by atoms with van der Waals surface area (Å²) in [6.45, 7) is 6.75. The van der Waals surface area contributed by atoms with E-state index in [2.05, 4.69) is 18.7 Å². The van der Waals surface area contributed by atoms with E-state index in [4.69, 9.17) is 4.74 Å². The van der Waals surface area contributed by atoms with Crippen LogP contribution in [-0.2, 0) is 9.53 Å². The molecule has 1 saturated carbocycles. The van der Waals surface area contributed by atoms with E-state index in [0.717, 1.165) is 24.9 Å². The summed E-state index contributed by atoms with van der Waals surface area (Å²) in [5, 5.41) is 0. The first-order chi connectivity index (χ1) is 8.13. The van der Waals surface area contributed by atoms with Crippen LogP contribution < -0.4 is 0 Å². The van der Waals surface area contributed by atoms with Gasteiger partial charge >= 0.3 is 5.97 Å². The minimum atomic E-state index is -0.0181. The van der Waals surface area contributed by atoms with Crippen molar-refractivity contribution in [2.24, 2.45) is 17.8 Å². The third-order valence-corrected chi connectivity index (χ3v) is 4.42. The fourth-order valence-corrected chi connectivity index (χ4v) is 3.04. The van der Waals surface area contributed by atoms with E-state index in [-0.39, 0.29) is 12.0 Å². The Balaban J connectivity index is 1.91. The molecule has 3 heteroatoms. The van der Waals surface area contributed by atoms with Gasteiger partial charge in [-0.2, -0.15) is 0 Å². The third kappa shape index (κ3) is 3.01. The van der Waals surface area contributed by atoms with Gasteiger partial charge in [0.15, 0.2) is 0 Å². The van der Waals surface area contributed by atoms with E-state index >= 15 is 0 Å². The van der Waals surface area contributed by atoms with Gasteiger partial charge in [0.2, 0.25) is 0 Å². The topological polar surface area (TPSA) is 29.5 Å². The van der Waals surface area contributed by atoms with Crippen LogP contribution in [0.15, 0.2) is 0 Å². The first-order valence-corrected chi connectivity index (χ1v) is 6.95. The molecule has 0 aromatic rings. The predicted molar refractivity (Wildman–Crippen MR) is 67.7 cm³/mol. The van der Waals surface area contributed by atoms with Crippen molar-refractivity contribution in [3.63, 3.8) is 0 Å². The molecule has 17 heavy (non-hydrogen) atoms. The standard InChI is InChI=1S/C14H25NO2/c1-10(2)11-6-8-15(9-7-11)13(12-4-5-12)14(16)17-3/h10-13H,4-9H2,1-3H3. The van der Waals surface area contributed by atoms with Gasteiger partial charge in [-0.05, 0) is 56.5 Å². The van der Waals surface area contributed by atoms with Crippen LogP contribution in [0, 0.1) is 17.8 Å². The van der Waals surface area contributed by atoms with E-state index in [1.807, 2.05) is 0 Å². The van der Waals surface area contributed by atoms with E-state index < -0.39 is 0 Å². The van der Waals surface area contributed by atoms with Crippen molar-refractivity contribution in [3.05, 3.63) is 0 Å². The summed E-state index contributed by atoms with van der Waals surface area (Å²) >= 11 is 0. The summed E-state index contributed by atoms with van der Waals surface area (Å²) in [7, 11) is 1.51. The van der Waals surface area contributed by atoms with Gasteiger partial charge in [0, 0.05) is 0 Å². The lowest BCUT2D eigenvalue weighted by molar-refractivity contribution is -0.148. The SMILES string of the molecule is COC(=O)C(C1CC1)N1CCC(C(C)C)CC1. The minimum Gasteiger partial charge on any atom is -0.468 e. The van der Waals surface area contributed by atoms with Crippen LogP contribution in [0.5, 0.6) is 0 Å². The highest BCUT2D eigenvalue weighted by atomic mass is 16.5. The average molecular weight is 239 g/mol. The number of likely N-dealkylation sites (tertiary alicyclic amines) is 1. The lowest BCUT2D eigenvalue weighted by atomic mass is 9.86. The summed E-state index contributed by atoms with van der Waals surface area (Å²) in [4.78, 5) is 14.2. The fraction of sp³-hybridized carbons (Fsp3) is 0.929. The molecule has 1 aliphatic heterocycles. The summed E-state index contributed by atoms with van der Waals surface area (Å²) in [6.07, 6.45) is 4.86. The van der Waals surface area contributed by atoms with E-state index in [0.29, 0.717) is 5.92 Å². The third-order valence-electron chi connectivity index (χ3n) is 4.42. The number of hydrogen-bond acceptors (Lipinski definition) is 3. The molecule has 0 spiro atoms. The van der Waals surface area contributed by atoms with E-state index in [1.165, 1.54) is 32.8 Å². The van der Waals surface area contributed by atoms with Gasteiger partial charge in [0.25, 0.3) is 0 Å². The van der Waals surface area contributed by atoms with Crippen LogP contribution in [0.1, 0.15) is 39.5 Å². The second kappa shape index (κ2) is 5.38. The van der Waals surface area contributed by atoms with Crippen LogP contribution in [0.25, 0.3) is 0 Å². The zero-order valence-corrected chi connectivity index (χ0v) is 11.3. The van der Waals surface area contributed by atoms with Gasteiger partial charge in [0.05, 0.1) is 7.11 Å². The van der Waals surface area contributed by atoms with Crippen LogP contribution in [0.2, 0.25) is 0 Å². The highest BCUT2D eigenvalue weighted by Gasteiger charge is 2.42. The maximum absolute atomic E-state index is 11.8. The second-order valence-electron chi connectivity index (χ2n) is 5.92. The van der Waals surface area contributed by atoms with Crippen molar-refractivity contribution in [2.75, 3.05) is 20.2 Å². The van der Waals surface area contributed by atoms with Gasteiger partial charge in [-0.15, -0.1) is 0 Å². The van der Waals surface area contributed by atoms with Crippen LogP contribution >= 0.6 is 0 Å². The molecule has 1 atom stereocenters. The van der Waals surface area contributed by atoms with Crippen molar-refractivity contribution in [1.29, 1.82) is 0 Å². The molecule has 2 aliphatic rings. The Morgan fingerprint density at radius 1 is 1.12 bits per heavy atom. The Kier molecular flexibility index (Phi) is 4.08. The van der Waals surface area contributed by atoms with Crippen molar-refractivity contribution < 1.29 is 9.53 Å². The molecule has 3 nitrogen and oxygen atoms in total. The molecule has 2 rings (SSSR count). The molecule has 1 heterocycles. The molecule has 0 aromatic heterocycles. The number of piperidine rings is 1. The van der Waals surface area contributed by atoms with Crippen molar-refractivity contribution in [3.8, 4) is 0 Å². The summed E-state index contributed by atoms with van der Waals surface area (Å²) < 4.78 is 4.96. The Hall–Kier alpha value is -0.570. The van der Waals surface area contributed by atoms with Crippen LogP contribution in [0.3, 0.4) is 0 Å². The van der Waals surface area contributed by atoms with Crippen molar-refractivity contribution >= 4 is 5.97 Å².